The van der Waals surface area contributed by atoms with E-state index in [1.807, 2.05) is 0 Å². The second kappa shape index (κ2) is 7.24. The summed E-state index contributed by atoms with van der Waals surface area (Å²) in [5.41, 5.74) is 0.777. The van der Waals surface area contributed by atoms with Crippen LogP contribution in [0.3, 0.4) is 0 Å². The third-order valence-electron chi connectivity index (χ3n) is 3.01. The fraction of sp³-hybridized carbons (Fsp3) is 0.500. The average Bonchev–Trinajstić information content (AvgIpc) is 2.34. The Balaban J connectivity index is 2.67. The number of carbonyl (C=O) groups excluding carboxylic acids is 1. The Bertz CT molecular complexity index is 552. The van der Waals surface area contributed by atoms with Crippen molar-refractivity contribution in [2.75, 3.05) is 6.54 Å². The Labute approximate surface area is 129 Å². The van der Waals surface area contributed by atoms with Crippen molar-refractivity contribution in [1.82, 2.24) is 5.32 Å². The van der Waals surface area contributed by atoms with Crippen molar-refractivity contribution in [3.63, 3.8) is 0 Å². The van der Waals surface area contributed by atoms with Crippen LogP contribution in [0.1, 0.15) is 31.9 Å². The predicted octanol–water partition coefficient (Wildman–Crippen LogP) is 2.90. The van der Waals surface area contributed by atoms with Crippen molar-refractivity contribution in [2.45, 2.75) is 39.7 Å². The summed E-state index contributed by atoms with van der Waals surface area (Å²) in [7, 11) is 0. The topological polar surface area (TPSA) is 75.6 Å². The van der Waals surface area contributed by atoms with Gasteiger partial charge in [-0.15, -0.1) is 0 Å². The standard InChI is InChI=1S/C16H22FNO4/c1-10-7-13(17)6-5-11(10)8-12(14(19)20)9-18-15(21)22-16(2,3)4/h5-7,12H,8-9H2,1-4H3,(H,18,21)(H,19,20). The van der Waals surface area contributed by atoms with E-state index in [0.717, 1.165) is 5.56 Å². The SMILES string of the molecule is Cc1cc(F)ccc1CC(CNC(=O)OC(C)(C)C)C(=O)O. The molecule has 0 heterocycles. The summed E-state index contributed by atoms with van der Waals surface area (Å²) in [5, 5.41) is 11.7. The van der Waals surface area contributed by atoms with E-state index in [0.29, 0.717) is 5.56 Å². The normalized spacial score (nSPS) is 12.6. The first-order valence-electron chi connectivity index (χ1n) is 7.03. The molecule has 1 aromatic rings. The maximum Gasteiger partial charge on any atom is 0.407 e. The van der Waals surface area contributed by atoms with Gasteiger partial charge in [0, 0.05) is 6.54 Å². The number of carboxylic acid groups (broad SMARTS) is 1. The minimum Gasteiger partial charge on any atom is -0.481 e. The zero-order valence-electron chi connectivity index (χ0n) is 13.3. The first kappa shape index (κ1) is 17.9. The molecule has 0 bridgehead atoms. The van der Waals surface area contributed by atoms with Crippen molar-refractivity contribution in [3.8, 4) is 0 Å². The molecule has 1 aromatic carbocycles. The lowest BCUT2D eigenvalue weighted by Crippen LogP contribution is -2.37. The molecule has 0 saturated carbocycles. The number of amides is 1. The van der Waals surface area contributed by atoms with E-state index in [1.165, 1.54) is 12.1 Å². The number of halogens is 1. The smallest absolute Gasteiger partial charge is 0.407 e. The number of carboxylic acids is 1. The molecule has 0 saturated heterocycles. The largest absolute Gasteiger partial charge is 0.481 e. The second-order valence-corrected chi connectivity index (χ2v) is 6.19. The van der Waals surface area contributed by atoms with E-state index in [1.54, 1.807) is 33.8 Å². The van der Waals surface area contributed by atoms with Crippen LogP contribution in [-0.4, -0.2) is 29.3 Å². The van der Waals surface area contributed by atoms with Gasteiger partial charge in [-0.05, 0) is 57.4 Å². The summed E-state index contributed by atoms with van der Waals surface area (Å²) >= 11 is 0. The van der Waals surface area contributed by atoms with Crippen LogP contribution in [0, 0.1) is 18.7 Å². The van der Waals surface area contributed by atoms with E-state index >= 15 is 0 Å². The summed E-state index contributed by atoms with van der Waals surface area (Å²) in [4.78, 5) is 22.9. The summed E-state index contributed by atoms with van der Waals surface area (Å²) < 4.78 is 18.1. The van der Waals surface area contributed by atoms with Gasteiger partial charge in [-0.2, -0.15) is 0 Å². The van der Waals surface area contributed by atoms with Crippen LogP contribution in [-0.2, 0) is 16.0 Å². The maximum atomic E-state index is 13.1. The number of hydrogen-bond acceptors (Lipinski definition) is 3. The Morgan fingerprint density at radius 1 is 1.36 bits per heavy atom. The number of carbonyl (C=O) groups is 2. The molecule has 0 aliphatic heterocycles. The molecule has 0 aromatic heterocycles. The van der Waals surface area contributed by atoms with E-state index < -0.39 is 23.6 Å². The Hall–Kier alpha value is -2.11. The van der Waals surface area contributed by atoms with E-state index in [-0.39, 0.29) is 18.8 Å². The number of rotatable bonds is 5. The number of ether oxygens (including phenoxy) is 1. The van der Waals surface area contributed by atoms with Crippen LogP contribution in [0.2, 0.25) is 0 Å². The molecule has 2 N–H and O–H groups in total. The molecular weight excluding hydrogens is 289 g/mol. The van der Waals surface area contributed by atoms with Gasteiger partial charge in [0.15, 0.2) is 0 Å². The van der Waals surface area contributed by atoms with Crippen molar-refractivity contribution in [1.29, 1.82) is 0 Å². The van der Waals surface area contributed by atoms with Crippen molar-refractivity contribution in [3.05, 3.63) is 35.1 Å². The molecule has 0 aliphatic carbocycles. The van der Waals surface area contributed by atoms with Gasteiger partial charge in [0.25, 0.3) is 0 Å². The molecule has 122 valence electrons. The highest BCUT2D eigenvalue weighted by Gasteiger charge is 2.22. The minimum absolute atomic E-state index is 0.0545. The van der Waals surface area contributed by atoms with Gasteiger partial charge in [0.1, 0.15) is 11.4 Å². The predicted molar refractivity (Wildman–Crippen MR) is 80.2 cm³/mol. The molecule has 1 amide bonds. The fourth-order valence-electron chi connectivity index (χ4n) is 1.92. The average molecular weight is 311 g/mol. The zero-order valence-corrected chi connectivity index (χ0v) is 13.3. The van der Waals surface area contributed by atoms with Crippen molar-refractivity contribution in [2.24, 2.45) is 5.92 Å². The van der Waals surface area contributed by atoms with Crippen LogP contribution in [0.4, 0.5) is 9.18 Å². The number of hydrogen-bond donors (Lipinski definition) is 2. The van der Waals surface area contributed by atoms with Gasteiger partial charge in [-0.1, -0.05) is 6.07 Å². The van der Waals surface area contributed by atoms with E-state index in [9.17, 15) is 19.1 Å². The van der Waals surface area contributed by atoms with Crippen LogP contribution in [0.25, 0.3) is 0 Å². The molecule has 22 heavy (non-hydrogen) atoms. The molecule has 1 atom stereocenters. The quantitative estimate of drug-likeness (QED) is 0.876. The first-order valence-corrected chi connectivity index (χ1v) is 7.03. The van der Waals surface area contributed by atoms with Crippen LogP contribution in [0.5, 0.6) is 0 Å². The molecule has 0 aliphatic rings. The second-order valence-electron chi connectivity index (χ2n) is 6.19. The maximum absolute atomic E-state index is 13.1. The van der Waals surface area contributed by atoms with Crippen molar-refractivity contribution >= 4 is 12.1 Å². The minimum atomic E-state index is -1.03. The van der Waals surface area contributed by atoms with E-state index in [2.05, 4.69) is 5.32 Å². The van der Waals surface area contributed by atoms with Gasteiger partial charge < -0.3 is 15.2 Å². The summed E-state index contributed by atoms with van der Waals surface area (Å²) in [5.74, 6) is -2.20. The Morgan fingerprint density at radius 2 is 2.00 bits per heavy atom. The van der Waals surface area contributed by atoms with Crippen molar-refractivity contribution < 1.29 is 23.8 Å². The first-order chi connectivity index (χ1) is 10.1. The molecule has 6 heteroatoms. The summed E-state index contributed by atoms with van der Waals surface area (Å²) in [6.45, 7) is 6.84. The third-order valence-corrected chi connectivity index (χ3v) is 3.01. The van der Waals surface area contributed by atoms with Gasteiger partial charge >= 0.3 is 12.1 Å². The summed E-state index contributed by atoms with van der Waals surface area (Å²) in [6, 6.07) is 4.21. The number of nitrogens with one attached hydrogen (secondary N) is 1. The highest BCUT2D eigenvalue weighted by Crippen LogP contribution is 2.15. The van der Waals surface area contributed by atoms with Gasteiger partial charge in [0.05, 0.1) is 5.92 Å². The monoisotopic (exact) mass is 311 g/mol. The zero-order chi connectivity index (χ0) is 16.9. The van der Waals surface area contributed by atoms with E-state index in [4.69, 9.17) is 4.74 Å². The number of benzene rings is 1. The number of aliphatic carboxylic acids is 1. The molecular formula is C16H22FNO4. The molecule has 1 unspecified atom stereocenters. The molecule has 0 spiro atoms. The fourth-order valence-corrected chi connectivity index (χ4v) is 1.92. The van der Waals surface area contributed by atoms with Crippen LogP contribution in [0.15, 0.2) is 18.2 Å². The van der Waals surface area contributed by atoms with Gasteiger partial charge in [-0.3, -0.25) is 4.79 Å². The third kappa shape index (κ3) is 6.11. The number of alkyl carbamates (subject to hydrolysis) is 1. The Kier molecular flexibility index (Phi) is 5.91. The van der Waals surface area contributed by atoms with Gasteiger partial charge in [-0.25, -0.2) is 9.18 Å². The summed E-state index contributed by atoms with van der Waals surface area (Å²) in [6.07, 6.45) is -0.452. The molecule has 5 nitrogen and oxygen atoms in total. The lowest BCUT2D eigenvalue weighted by molar-refractivity contribution is -0.141. The van der Waals surface area contributed by atoms with Crippen LogP contribution >= 0.6 is 0 Å². The highest BCUT2D eigenvalue weighted by atomic mass is 19.1. The highest BCUT2D eigenvalue weighted by molar-refractivity contribution is 5.73. The van der Waals surface area contributed by atoms with Crippen LogP contribution < -0.4 is 5.32 Å². The molecule has 0 radical (unpaired) electrons. The van der Waals surface area contributed by atoms with Gasteiger partial charge in [0.2, 0.25) is 0 Å². The lowest BCUT2D eigenvalue weighted by atomic mass is 9.96. The molecule has 0 fully saturated rings. The molecule has 1 rings (SSSR count). The Morgan fingerprint density at radius 3 is 2.50 bits per heavy atom. The number of aryl methyl sites for hydroxylation is 1. The lowest BCUT2D eigenvalue weighted by Gasteiger charge is -2.21.